The van der Waals surface area contributed by atoms with E-state index in [0.717, 1.165) is 0 Å². The normalized spacial score (nSPS) is 13.7. The number of benzene rings is 3. The highest BCUT2D eigenvalue weighted by molar-refractivity contribution is 6.33. The van der Waals surface area contributed by atoms with Gasteiger partial charge in [-0.1, -0.05) is 23.7 Å². The average molecular weight is 479 g/mol. The van der Waals surface area contributed by atoms with Crippen LogP contribution in [0.25, 0.3) is 22.6 Å². The van der Waals surface area contributed by atoms with Gasteiger partial charge in [-0.15, -0.1) is 0 Å². The third-order valence-electron chi connectivity index (χ3n) is 5.54. The minimum Gasteiger partial charge on any atom is -0.436 e. The lowest BCUT2D eigenvalue weighted by atomic mass is 10.1. The Morgan fingerprint density at radius 3 is 2.65 bits per heavy atom. The third kappa shape index (κ3) is 4.30. The summed E-state index contributed by atoms with van der Waals surface area (Å²) in [6.45, 7) is 2.23. The number of carbonyl (C=O) groups is 1. The number of non-ortho nitro benzene ring substituents is 1. The highest BCUT2D eigenvalue weighted by Crippen LogP contribution is 2.31. The van der Waals surface area contributed by atoms with Gasteiger partial charge in [0.25, 0.3) is 11.6 Å². The van der Waals surface area contributed by atoms with Gasteiger partial charge in [0.2, 0.25) is 5.89 Å². The number of amides is 1. The van der Waals surface area contributed by atoms with Crippen molar-refractivity contribution in [3.05, 3.63) is 81.4 Å². The van der Waals surface area contributed by atoms with Crippen LogP contribution in [-0.4, -0.2) is 42.1 Å². The van der Waals surface area contributed by atoms with Gasteiger partial charge in [-0.25, -0.2) is 4.98 Å². The van der Waals surface area contributed by atoms with Crippen LogP contribution in [0.4, 0.5) is 17.1 Å². The highest BCUT2D eigenvalue weighted by atomic mass is 35.5. The van der Waals surface area contributed by atoms with Gasteiger partial charge in [0, 0.05) is 30.9 Å². The Morgan fingerprint density at radius 2 is 1.88 bits per heavy atom. The summed E-state index contributed by atoms with van der Waals surface area (Å²) in [7, 11) is 0. The van der Waals surface area contributed by atoms with E-state index in [0.29, 0.717) is 65.3 Å². The summed E-state index contributed by atoms with van der Waals surface area (Å²) in [6.07, 6.45) is 0. The second-order valence-electron chi connectivity index (χ2n) is 7.69. The summed E-state index contributed by atoms with van der Waals surface area (Å²) in [6, 6.07) is 16.6. The lowest BCUT2D eigenvalue weighted by molar-refractivity contribution is -0.384. The van der Waals surface area contributed by atoms with Crippen molar-refractivity contribution in [2.24, 2.45) is 0 Å². The Hall–Kier alpha value is -3.95. The summed E-state index contributed by atoms with van der Waals surface area (Å²) >= 11 is 6.25. The lowest BCUT2D eigenvalue weighted by Crippen LogP contribution is -2.37. The Bertz CT molecular complexity index is 1400. The molecule has 1 aliphatic rings. The molecule has 172 valence electrons. The molecule has 0 atom stereocenters. The Balaban J connectivity index is 1.45. The first-order valence-electron chi connectivity index (χ1n) is 10.6. The second kappa shape index (κ2) is 9.12. The van der Waals surface area contributed by atoms with E-state index in [4.69, 9.17) is 20.8 Å². The predicted octanol–water partition coefficient (Wildman–Crippen LogP) is 5.15. The van der Waals surface area contributed by atoms with Crippen LogP contribution in [0.3, 0.4) is 0 Å². The number of nitro groups is 1. The number of hydrogen-bond donors (Lipinski definition) is 1. The molecule has 2 heterocycles. The van der Waals surface area contributed by atoms with Crippen molar-refractivity contribution < 1.29 is 18.9 Å². The van der Waals surface area contributed by atoms with E-state index in [1.54, 1.807) is 30.3 Å². The zero-order valence-corrected chi connectivity index (χ0v) is 18.6. The van der Waals surface area contributed by atoms with Gasteiger partial charge in [-0.3, -0.25) is 14.9 Å². The molecule has 9 nitrogen and oxygen atoms in total. The van der Waals surface area contributed by atoms with Crippen molar-refractivity contribution in [3.8, 4) is 11.5 Å². The van der Waals surface area contributed by atoms with Crippen LogP contribution < -0.4 is 10.2 Å². The fourth-order valence-corrected chi connectivity index (χ4v) is 4.07. The first-order valence-corrected chi connectivity index (χ1v) is 11.0. The Labute approximate surface area is 199 Å². The Kier molecular flexibility index (Phi) is 5.87. The van der Waals surface area contributed by atoms with E-state index in [1.165, 1.54) is 12.1 Å². The molecule has 0 spiro atoms. The van der Waals surface area contributed by atoms with Crippen molar-refractivity contribution >= 4 is 45.7 Å². The number of rotatable bonds is 5. The molecular formula is C24H19ClN4O5. The topological polar surface area (TPSA) is 111 Å². The summed E-state index contributed by atoms with van der Waals surface area (Å²) in [5.41, 5.74) is 2.91. The smallest absolute Gasteiger partial charge is 0.270 e. The van der Waals surface area contributed by atoms with Gasteiger partial charge in [0.05, 0.1) is 40.0 Å². The fraction of sp³-hybridized carbons (Fsp3) is 0.167. The van der Waals surface area contributed by atoms with Gasteiger partial charge in [0.1, 0.15) is 5.52 Å². The van der Waals surface area contributed by atoms with E-state index in [9.17, 15) is 14.9 Å². The molecule has 0 bridgehead atoms. The van der Waals surface area contributed by atoms with Gasteiger partial charge in [0.15, 0.2) is 5.58 Å². The highest BCUT2D eigenvalue weighted by Gasteiger charge is 2.22. The number of ether oxygens (including phenoxy) is 1. The first-order chi connectivity index (χ1) is 16.5. The van der Waals surface area contributed by atoms with E-state index >= 15 is 0 Å². The minimum atomic E-state index is -0.516. The molecule has 1 fully saturated rings. The van der Waals surface area contributed by atoms with Crippen molar-refractivity contribution in [3.63, 3.8) is 0 Å². The standard InChI is InChI=1S/C24H19ClN4O5/c25-19-4-2-1-3-17(19)24-27-20-13-15(5-8-22(20)34-24)26-23(30)18-14-16(29(31)32)6-7-21(18)28-9-11-33-12-10-28/h1-8,13-14H,9-12H2,(H,26,30). The fourth-order valence-electron chi connectivity index (χ4n) is 3.85. The number of aromatic nitrogens is 1. The molecule has 1 aromatic heterocycles. The zero-order valence-electron chi connectivity index (χ0n) is 17.9. The summed E-state index contributed by atoms with van der Waals surface area (Å²) in [4.78, 5) is 30.5. The Morgan fingerprint density at radius 1 is 1.09 bits per heavy atom. The number of nitrogens with zero attached hydrogens (tertiary/aromatic N) is 3. The van der Waals surface area contributed by atoms with Crippen LogP contribution in [0.5, 0.6) is 0 Å². The van der Waals surface area contributed by atoms with Crippen LogP contribution in [0.2, 0.25) is 5.02 Å². The summed E-state index contributed by atoms with van der Waals surface area (Å²) < 4.78 is 11.2. The average Bonchev–Trinajstić information content (AvgIpc) is 3.27. The van der Waals surface area contributed by atoms with Crippen LogP contribution >= 0.6 is 11.6 Å². The van der Waals surface area contributed by atoms with E-state index in [-0.39, 0.29) is 11.3 Å². The molecule has 0 saturated carbocycles. The monoisotopic (exact) mass is 478 g/mol. The van der Waals surface area contributed by atoms with E-state index in [2.05, 4.69) is 10.3 Å². The van der Waals surface area contributed by atoms with Crippen molar-refractivity contribution in [1.82, 2.24) is 4.98 Å². The van der Waals surface area contributed by atoms with Crippen LogP contribution in [-0.2, 0) is 4.74 Å². The molecule has 34 heavy (non-hydrogen) atoms. The van der Waals surface area contributed by atoms with Crippen LogP contribution in [0.15, 0.2) is 65.1 Å². The molecule has 0 unspecified atom stereocenters. The molecule has 3 aromatic carbocycles. The van der Waals surface area contributed by atoms with E-state index in [1.807, 2.05) is 23.1 Å². The van der Waals surface area contributed by atoms with Gasteiger partial charge in [-0.2, -0.15) is 0 Å². The van der Waals surface area contributed by atoms with E-state index < -0.39 is 10.8 Å². The SMILES string of the molecule is O=C(Nc1ccc2oc(-c3ccccc3Cl)nc2c1)c1cc([N+](=O)[O-])ccc1N1CCOCC1. The third-order valence-corrected chi connectivity index (χ3v) is 5.87. The first kappa shape index (κ1) is 21.9. The van der Waals surface area contributed by atoms with Gasteiger partial charge >= 0.3 is 0 Å². The quantitative estimate of drug-likeness (QED) is 0.312. The number of nitrogens with one attached hydrogen (secondary N) is 1. The summed E-state index contributed by atoms with van der Waals surface area (Å²) in [5, 5.41) is 14.7. The molecule has 1 aliphatic heterocycles. The molecule has 1 saturated heterocycles. The predicted molar refractivity (Wildman–Crippen MR) is 129 cm³/mol. The van der Waals surface area contributed by atoms with Crippen molar-refractivity contribution in [2.45, 2.75) is 0 Å². The maximum Gasteiger partial charge on any atom is 0.270 e. The molecule has 4 aromatic rings. The number of hydrogen-bond acceptors (Lipinski definition) is 7. The number of anilines is 2. The van der Waals surface area contributed by atoms with Crippen LogP contribution in [0.1, 0.15) is 10.4 Å². The zero-order chi connectivity index (χ0) is 23.7. The largest absolute Gasteiger partial charge is 0.436 e. The molecule has 1 amide bonds. The van der Waals surface area contributed by atoms with Crippen LogP contribution in [0, 0.1) is 10.1 Å². The van der Waals surface area contributed by atoms with Crippen molar-refractivity contribution in [1.29, 1.82) is 0 Å². The number of nitro benzene ring substituents is 1. The number of morpholine rings is 1. The molecule has 0 aliphatic carbocycles. The number of oxazole rings is 1. The number of fused-ring (bicyclic) bond motifs is 1. The minimum absolute atomic E-state index is 0.154. The number of carbonyl (C=O) groups excluding carboxylic acids is 1. The van der Waals surface area contributed by atoms with Gasteiger partial charge < -0.3 is 19.4 Å². The molecule has 0 radical (unpaired) electrons. The van der Waals surface area contributed by atoms with Gasteiger partial charge in [-0.05, 0) is 36.4 Å². The molecular weight excluding hydrogens is 460 g/mol. The van der Waals surface area contributed by atoms with Crippen molar-refractivity contribution in [2.75, 3.05) is 36.5 Å². The molecule has 5 rings (SSSR count). The molecule has 1 N–H and O–H groups in total. The molecule has 10 heteroatoms. The maximum atomic E-state index is 13.2. The second-order valence-corrected chi connectivity index (χ2v) is 8.10. The maximum absolute atomic E-state index is 13.2. The lowest BCUT2D eigenvalue weighted by Gasteiger charge is -2.30. The summed E-state index contributed by atoms with van der Waals surface area (Å²) in [5.74, 6) is -0.0864. The number of halogens is 1.